The van der Waals surface area contributed by atoms with Crippen LogP contribution in [0.2, 0.25) is 0 Å². The first kappa shape index (κ1) is 9.88. The predicted octanol–water partition coefficient (Wildman–Crippen LogP) is 0.259. The molecule has 0 radical (unpaired) electrons. The van der Waals surface area contributed by atoms with E-state index >= 15 is 0 Å². The van der Waals surface area contributed by atoms with Gasteiger partial charge >= 0.3 is 0 Å². The van der Waals surface area contributed by atoms with Crippen molar-refractivity contribution in [3.63, 3.8) is 0 Å². The average Bonchev–Trinajstić information content (AvgIpc) is 1.97. The van der Waals surface area contributed by atoms with Crippen molar-refractivity contribution in [1.29, 1.82) is 0 Å². The highest BCUT2D eigenvalue weighted by molar-refractivity contribution is 4.38. The summed E-state index contributed by atoms with van der Waals surface area (Å²) >= 11 is 0. The number of hydrogen-bond donors (Lipinski definition) is 1. The molecule has 0 aromatic carbocycles. The predicted molar refractivity (Wildman–Crippen MR) is 41.2 cm³/mol. The number of ether oxygens (including phenoxy) is 2. The molecule has 62 valence electrons. The molecule has 0 aliphatic heterocycles. The third-order valence-electron chi connectivity index (χ3n) is 1.15. The Hall–Kier alpha value is -0.120. The molecule has 10 heavy (non-hydrogen) atoms. The minimum atomic E-state index is 0.694. The van der Waals surface area contributed by atoms with E-state index in [0.717, 1.165) is 19.6 Å². The molecule has 0 fully saturated rings. The maximum atomic E-state index is 5.21. The fourth-order valence-electron chi connectivity index (χ4n) is 0.595. The third-order valence-corrected chi connectivity index (χ3v) is 1.15. The van der Waals surface area contributed by atoms with Crippen molar-refractivity contribution in [2.45, 2.75) is 6.42 Å². The Morgan fingerprint density at radius 1 is 1.20 bits per heavy atom. The van der Waals surface area contributed by atoms with Crippen molar-refractivity contribution in [1.82, 2.24) is 5.32 Å². The fourth-order valence-corrected chi connectivity index (χ4v) is 0.595. The molecule has 0 rings (SSSR count). The molecule has 0 saturated carbocycles. The van der Waals surface area contributed by atoms with Crippen LogP contribution in [0.1, 0.15) is 6.42 Å². The lowest BCUT2D eigenvalue weighted by Gasteiger charge is -2.01. The molecule has 0 aliphatic rings. The van der Waals surface area contributed by atoms with Crippen LogP contribution in [0.4, 0.5) is 0 Å². The van der Waals surface area contributed by atoms with E-state index in [0.29, 0.717) is 13.2 Å². The summed E-state index contributed by atoms with van der Waals surface area (Å²) in [7, 11) is 3.62. The Morgan fingerprint density at radius 2 is 2.00 bits per heavy atom. The summed E-state index contributed by atoms with van der Waals surface area (Å²) in [5, 5.41) is 3.05. The van der Waals surface area contributed by atoms with Crippen molar-refractivity contribution >= 4 is 0 Å². The van der Waals surface area contributed by atoms with E-state index in [1.807, 2.05) is 7.05 Å². The summed E-state index contributed by atoms with van der Waals surface area (Å²) in [4.78, 5) is 0. The Morgan fingerprint density at radius 3 is 2.60 bits per heavy atom. The molecule has 0 bridgehead atoms. The van der Waals surface area contributed by atoms with Gasteiger partial charge in [0.2, 0.25) is 0 Å². The highest BCUT2D eigenvalue weighted by Gasteiger charge is 1.86. The first-order valence-electron chi connectivity index (χ1n) is 3.63. The van der Waals surface area contributed by atoms with Crippen LogP contribution < -0.4 is 5.32 Å². The van der Waals surface area contributed by atoms with E-state index in [2.05, 4.69) is 5.32 Å². The molecule has 1 N–H and O–H groups in total. The second-order valence-electron chi connectivity index (χ2n) is 2.06. The maximum Gasteiger partial charge on any atom is 0.0700 e. The second-order valence-corrected chi connectivity index (χ2v) is 2.06. The molecule has 0 aromatic rings. The SMILES string of the molecule is CNCCCOCCOC. The molecule has 3 nitrogen and oxygen atoms in total. The quantitative estimate of drug-likeness (QED) is 0.524. The molecule has 0 heterocycles. The van der Waals surface area contributed by atoms with Crippen molar-refractivity contribution in [3.8, 4) is 0 Å². The number of nitrogens with one attached hydrogen (secondary N) is 1. The summed E-state index contributed by atoms with van der Waals surface area (Å²) in [6, 6.07) is 0. The minimum Gasteiger partial charge on any atom is -0.382 e. The molecular formula is C7H17NO2. The van der Waals surface area contributed by atoms with Gasteiger partial charge in [0, 0.05) is 13.7 Å². The molecule has 0 saturated heterocycles. The van der Waals surface area contributed by atoms with Crippen LogP contribution in [0.15, 0.2) is 0 Å². The topological polar surface area (TPSA) is 30.5 Å². The van der Waals surface area contributed by atoms with E-state index in [9.17, 15) is 0 Å². The van der Waals surface area contributed by atoms with Gasteiger partial charge in [-0.05, 0) is 20.0 Å². The van der Waals surface area contributed by atoms with Gasteiger partial charge in [-0.15, -0.1) is 0 Å². The van der Waals surface area contributed by atoms with Gasteiger partial charge in [-0.3, -0.25) is 0 Å². The van der Waals surface area contributed by atoms with Gasteiger partial charge in [-0.1, -0.05) is 0 Å². The van der Waals surface area contributed by atoms with Gasteiger partial charge in [0.15, 0.2) is 0 Å². The van der Waals surface area contributed by atoms with Crippen LogP contribution in [0, 0.1) is 0 Å². The Kier molecular flexibility index (Phi) is 8.77. The molecule has 0 amide bonds. The van der Waals surface area contributed by atoms with Crippen molar-refractivity contribution < 1.29 is 9.47 Å². The van der Waals surface area contributed by atoms with Gasteiger partial charge in [0.05, 0.1) is 13.2 Å². The Balaban J connectivity index is 2.65. The van der Waals surface area contributed by atoms with Crippen LogP contribution >= 0.6 is 0 Å². The Labute approximate surface area is 62.7 Å². The second kappa shape index (κ2) is 8.88. The lowest BCUT2D eigenvalue weighted by molar-refractivity contribution is 0.0696. The van der Waals surface area contributed by atoms with Crippen LogP contribution in [0.5, 0.6) is 0 Å². The maximum absolute atomic E-state index is 5.21. The van der Waals surface area contributed by atoms with E-state index in [-0.39, 0.29) is 0 Å². The van der Waals surface area contributed by atoms with E-state index in [4.69, 9.17) is 9.47 Å². The Bertz CT molecular complexity index is 51.6. The van der Waals surface area contributed by atoms with Crippen LogP contribution in [0.3, 0.4) is 0 Å². The van der Waals surface area contributed by atoms with Gasteiger partial charge < -0.3 is 14.8 Å². The molecule has 0 atom stereocenters. The summed E-state index contributed by atoms with van der Waals surface area (Å²) < 4.78 is 10.0. The highest BCUT2D eigenvalue weighted by Crippen LogP contribution is 1.80. The zero-order chi connectivity index (χ0) is 7.66. The van der Waals surface area contributed by atoms with Crippen molar-refractivity contribution in [3.05, 3.63) is 0 Å². The summed E-state index contributed by atoms with van der Waals surface area (Å²) in [5.74, 6) is 0. The largest absolute Gasteiger partial charge is 0.382 e. The molecule has 0 aromatic heterocycles. The van der Waals surface area contributed by atoms with Gasteiger partial charge in [-0.2, -0.15) is 0 Å². The van der Waals surface area contributed by atoms with E-state index in [1.54, 1.807) is 7.11 Å². The number of methoxy groups -OCH3 is 1. The molecular weight excluding hydrogens is 130 g/mol. The first-order valence-corrected chi connectivity index (χ1v) is 3.63. The van der Waals surface area contributed by atoms with Crippen LogP contribution in [0.25, 0.3) is 0 Å². The van der Waals surface area contributed by atoms with Crippen molar-refractivity contribution in [2.75, 3.05) is 40.5 Å². The van der Waals surface area contributed by atoms with Gasteiger partial charge in [0.1, 0.15) is 0 Å². The molecule has 3 heteroatoms. The molecule has 0 spiro atoms. The number of hydrogen-bond acceptors (Lipinski definition) is 3. The van der Waals surface area contributed by atoms with Crippen LogP contribution in [-0.4, -0.2) is 40.5 Å². The fraction of sp³-hybridized carbons (Fsp3) is 1.00. The third kappa shape index (κ3) is 7.88. The van der Waals surface area contributed by atoms with E-state index < -0.39 is 0 Å². The highest BCUT2D eigenvalue weighted by atomic mass is 16.5. The molecule has 0 unspecified atom stereocenters. The smallest absolute Gasteiger partial charge is 0.0700 e. The average molecular weight is 147 g/mol. The monoisotopic (exact) mass is 147 g/mol. The van der Waals surface area contributed by atoms with E-state index in [1.165, 1.54) is 0 Å². The summed E-state index contributed by atoms with van der Waals surface area (Å²) in [5.41, 5.74) is 0. The summed E-state index contributed by atoms with van der Waals surface area (Å²) in [6.07, 6.45) is 1.07. The minimum absolute atomic E-state index is 0.694. The van der Waals surface area contributed by atoms with Gasteiger partial charge in [0.25, 0.3) is 0 Å². The lowest BCUT2D eigenvalue weighted by Crippen LogP contribution is -2.11. The zero-order valence-electron chi connectivity index (χ0n) is 6.85. The molecule has 0 aliphatic carbocycles. The van der Waals surface area contributed by atoms with Crippen molar-refractivity contribution in [2.24, 2.45) is 0 Å². The zero-order valence-corrected chi connectivity index (χ0v) is 6.85. The first-order chi connectivity index (χ1) is 4.91. The normalized spacial score (nSPS) is 10.2. The summed E-state index contributed by atoms with van der Waals surface area (Å²) in [6.45, 7) is 3.25. The van der Waals surface area contributed by atoms with Crippen LogP contribution in [-0.2, 0) is 9.47 Å². The number of rotatable bonds is 7. The standard InChI is InChI=1S/C7H17NO2/c1-8-4-3-5-10-7-6-9-2/h8H,3-7H2,1-2H3. The lowest BCUT2D eigenvalue weighted by atomic mass is 10.4. The van der Waals surface area contributed by atoms with Gasteiger partial charge in [-0.25, -0.2) is 0 Å².